The van der Waals surface area contributed by atoms with Gasteiger partial charge < -0.3 is 4.79 Å². The Hall–Kier alpha value is -0.830. The molecule has 1 aromatic rings. The van der Waals surface area contributed by atoms with Crippen LogP contribution in [0.3, 0.4) is 0 Å². The Labute approximate surface area is 87.7 Å². The molecule has 1 atom stereocenters. The van der Waals surface area contributed by atoms with Gasteiger partial charge in [0.05, 0.1) is 0 Å². The Balaban J connectivity index is 2.90. The maximum Gasteiger partial charge on any atom is 0.137 e. The van der Waals surface area contributed by atoms with Gasteiger partial charge in [0.25, 0.3) is 0 Å². The molecule has 76 valence electrons. The fourth-order valence-electron chi connectivity index (χ4n) is 1.27. The van der Waals surface area contributed by atoms with Crippen LogP contribution in [0.1, 0.15) is 24.8 Å². The maximum absolute atomic E-state index is 13.3. The summed E-state index contributed by atoms with van der Waals surface area (Å²) in [5.74, 6) is -0.106. The van der Waals surface area contributed by atoms with Gasteiger partial charge in [-0.1, -0.05) is 13.0 Å². The van der Waals surface area contributed by atoms with Crippen LogP contribution in [0.5, 0.6) is 0 Å². The van der Waals surface area contributed by atoms with Crippen LogP contribution in [-0.4, -0.2) is 12.5 Å². The molecule has 1 aromatic carbocycles. The van der Waals surface area contributed by atoms with Crippen molar-refractivity contribution in [3.63, 3.8) is 0 Å². The summed E-state index contributed by atoms with van der Waals surface area (Å²) in [7, 11) is 0. The highest BCUT2D eigenvalue weighted by Gasteiger charge is 2.08. The molecule has 0 saturated carbocycles. The van der Waals surface area contributed by atoms with Gasteiger partial charge in [0.2, 0.25) is 0 Å². The average Bonchev–Trinajstić information content (AvgIpc) is 2.18. The Morgan fingerprint density at radius 2 is 2.29 bits per heavy atom. The third kappa shape index (κ3) is 2.58. The fraction of sp³-hybridized carbons (Fsp3) is 0.364. The molecule has 3 heteroatoms. The van der Waals surface area contributed by atoms with Crippen LogP contribution in [-0.2, 0) is 4.79 Å². The van der Waals surface area contributed by atoms with E-state index < -0.39 is 0 Å². The zero-order valence-corrected chi connectivity index (χ0v) is 9.10. The van der Waals surface area contributed by atoms with Gasteiger partial charge in [0, 0.05) is 11.3 Å². The monoisotopic (exact) mass is 212 g/mol. The number of carbonyl (C=O) groups is 1. The lowest BCUT2D eigenvalue weighted by Gasteiger charge is -2.09. The number of hydrogen-bond donors (Lipinski definition) is 0. The van der Waals surface area contributed by atoms with Gasteiger partial charge in [-0.05, 0) is 29.9 Å². The van der Waals surface area contributed by atoms with Crippen LogP contribution < -0.4 is 0 Å². The molecule has 0 spiro atoms. The number of hydrogen-bond acceptors (Lipinski definition) is 2. The third-order valence-corrected chi connectivity index (χ3v) is 2.97. The van der Waals surface area contributed by atoms with E-state index in [0.29, 0.717) is 11.3 Å². The first-order valence-electron chi connectivity index (χ1n) is 4.46. The zero-order chi connectivity index (χ0) is 10.6. The minimum Gasteiger partial charge on any atom is -0.303 e. The van der Waals surface area contributed by atoms with Crippen molar-refractivity contribution in [3.05, 3.63) is 29.6 Å². The SMILES string of the molecule is CSc1ccc(C(C)CC=O)cc1F. The summed E-state index contributed by atoms with van der Waals surface area (Å²) < 4.78 is 13.3. The van der Waals surface area contributed by atoms with E-state index in [0.717, 1.165) is 11.8 Å². The summed E-state index contributed by atoms with van der Waals surface area (Å²) in [6.07, 6.45) is 3.15. The van der Waals surface area contributed by atoms with E-state index in [1.54, 1.807) is 6.07 Å². The molecular weight excluding hydrogens is 199 g/mol. The molecule has 0 radical (unpaired) electrons. The predicted molar refractivity (Wildman–Crippen MR) is 57.3 cm³/mol. The number of carbonyl (C=O) groups excluding carboxylic acids is 1. The summed E-state index contributed by atoms with van der Waals surface area (Å²) in [5.41, 5.74) is 0.882. The molecule has 1 nitrogen and oxygen atoms in total. The van der Waals surface area contributed by atoms with Crippen LogP contribution >= 0.6 is 11.8 Å². The van der Waals surface area contributed by atoms with Gasteiger partial charge in [-0.15, -0.1) is 11.8 Å². The quantitative estimate of drug-likeness (QED) is 0.563. The smallest absolute Gasteiger partial charge is 0.137 e. The molecule has 0 saturated heterocycles. The molecule has 0 aliphatic rings. The Kier molecular flexibility index (Phi) is 4.14. The van der Waals surface area contributed by atoms with Gasteiger partial charge in [-0.3, -0.25) is 0 Å². The van der Waals surface area contributed by atoms with Gasteiger partial charge in [-0.25, -0.2) is 4.39 Å². The second-order valence-corrected chi connectivity index (χ2v) is 4.05. The number of aldehydes is 1. The second kappa shape index (κ2) is 5.15. The molecule has 1 unspecified atom stereocenters. The van der Waals surface area contributed by atoms with Crippen molar-refractivity contribution in [2.75, 3.05) is 6.26 Å². The van der Waals surface area contributed by atoms with Gasteiger partial charge >= 0.3 is 0 Å². The molecule has 0 fully saturated rings. The van der Waals surface area contributed by atoms with E-state index in [-0.39, 0.29) is 11.7 Å². The highest BCUT2D eigenvalue weighted by molar-refractivity contribution is 7.98. The normalized spacial score (nSPS) is 12.5. The van der Waals surface area contributed by atoms with Crippen molar-refractivity contribution in [3.8, 4) is 0 Å². The van der Waals surface area contributed by atoms with Crippen molar-refractivity contribution in [1.29, 1.82) is 0 Å². The minimum absolute atomic E-state index is 0.0953. The number of rotatable bonds is 4. The van der Waals surface area contributed by atoms with Crippen molar-refractivity contribution in [2.24, 2.45) is 0 Å². The first-order chi connectivity index (χ1) is 6.69. The highest BCUT2D eigenvalue weighted by atomic mass is 32.2. The zero-order valence-electron chi connectivity index (χ0n) is 8.29. The largest absolute Gasteiger partial charge is 0.303 e. The summed E-state index contributed by atoms with van der Waals surface area (Å²) in [5, 5.41) is 0. The molecular formula is C11H13FOS. The number of benzene rings is 1. The topological polar surface area (TPSA) is 17.1 Å². The fourth-order valence-corrected chi connectivity index (χ4v) is 1.73. The van der Waals surface area contributed by atoms with Crippen LogP contribution in [0, 0.1) is 5.82 Å². The standard InChI is InChI=1S/C11H13FOS/c1-8(5-6-13)9-3-4-11(14-2)10(12)7-9/h3-4,6-8H,5H2,1-2H3. The minimum atomic E-state index is -0.201. The third-order valence-electron chi connectivity index (χ3n) is 2.19. The Morgan fingerprint density at radius 3 is 2.79 bits per heavy atom. The second-order valence-electron chi connectivity index (χ2n) is 3.20. The molecule has 0 aromatic heterocycles. The van der Waals surface area contributed by atoms with E-state index in [9.17, 15) is 9.18 Å². The van der Waals surface area contributed by atoms with Crippen molar-refractivity contribution >= 4 is 18.0 Å². The van der Waals surface area contributed by atoms with Crippen molar-refractivity contribution < 1.29 is 9.18 Å². The van der Waals surface area contributed by atoms with E-state index in [1.807, 2.05) is 19.2 Å². The lowest BCUT2D eigenvalue weighted by Crippen LogP contribution is -1.95. The highest BCUT2D eigenvalue weighted by Crippen LogP contribution is 2.24. The number of thioether (sulfide) groups is 1. The molecule has 0 N–H and O–H groups in total. The molecule has 0 heterocycles. The van der Waals surface area contributed by atoms with Gasteiger partial charge in [-0.2, -0.15) is 0 Å². The van der Waals surface area contributed by atoms with Crippen LogP contribution in [0.4, 0.5) is 4.39 Å². The first kappa shape index (κ1) is 11.2. The predicted octanol–water partition coefficient (Wildman–Crippen LogP) is 3.24. The van der Waals surface area contributed by atoms with Crippen LogP contribution in [0.15, 0.2) is 23.1 Å². The molecule has 0 aliphatic heterocycles. The van der Waals surface area contributed by atoms with E-state index in [2.05, 4.69) is 0 Å². The van der Waals surface area contributed by atoms with Crippen LogP contribution in [0.25, 0.3) is 0 Å². The van der Waals surface area contributed by atoms with Gasteiger partial charge in [0.15, 0.2) is 0 Å². The van der Waals surface area contributed by atoms with Crippen LogP contribution in [0.2, 0.25) is 0 Å². The van der Waals surface area contributed by atoms with E-state index in [1.165, 1.54) is 17.8 Å². The first-order valence-corrected chi connectivity index (χ1v) is 5.68. The lowest BCUT2D eigenvalue weighted by atomic mass is 9.99. The Morgan fingerprint density at radius 1 is 1.57 bits per heavy atom. The summed E-state index contributed by atoms with van der Waals surface area (Å²) >= 11 is 1.38. The molecule has 1 rings (SSSR count). The Bertz CT molecular complexity index is 325. The molecule has 0 bridgehead atoms. The summed E-state index contributed by atoms with van der Waals surface area (Å²) in [6.45, 7) is 1.92. The van der Waals surface area contributed by atoms with E-state index >= 15 is 0 Å². The molecule has 14 heavy (non-hydrogen) atoms. The average molecular weight is 212 g/mol. The molecule has 0 amide bonds. The van der Waals surface area contributed by atoms with Crippen molar-refractivity contribution in [2.45, 2.75) is 24.2 Å². The number of halogens is 1. The maximum atomic E-state index is 13.3. The van der Waals surface area contributed by atoms with Crippen molar-refractivity contribution in [1.82, 2.24) is 0 Å². The van der Waals surface area contributed by atoms with Gasteiger partial charge in [0.1, 0.15) is 12.1 Å². The lowest BCUT2D eigenvalue weighted by molar-refractivity contribution is -0.108. The summed E-state index contributed by atoms with van der Waals surface area (Å²) in [4.78, 5) is 10.9. The van der Waals surface area contributed by atoms with E-state index in [4.69, 9.17) is 0 Å². The summed E-state index contributed by atoms with van der Waals surface area (Å²) in [6, 6.07) is 5.15. The molecule has 0 aliphatic carbocycles.